The van der Waals surface area contributed by atoms with E-state index in [1.54, 1.807) is 29.4 Å². The van der Waals surface area contributed by atoms with Crippen LogP contribution in [0.3, 0.4) is 0 Å². The second-order valence-electron chi connectivity index (χ2n) is 8.97. The van der Waals surface area contributed by atoms with Crippen molar-refractivity contribution in [2.45, 2.75) is 25.7 Å². The van der Waals surface area contributed by atoms with E-state index in [1.807, 2.05) is 50.2 Å². The second kappa shape index (κ2) is 9.53. The highest BCUT2D eigenvalue weighted by Crippen LogP contribution is 2.29. The smallest absolute Gasteiger partial charge is 0.232 e. The van der Waals surface area contributed by atoms with Crippen molar-refractivity contribution in [3.05, 3.63) is 90.0 Å². The Labute approximate surface area is 193 Å². The van der Waals surface area contributed by atoms with Gasteiger partial charge in [-0.25, -0.2) is 4.39 Å². The van der Waals surface area contributed by atoms with Crippen molar-refractivity contribution in [3.63, 3.8) is 0 Å². The van der Waals surface area contributed by atoms with Crippen molar-refractivity contribution < 1.29 is 14.0 Å². The van der Waals surface area contributed by atoms with E-state index in [0.717, 1.165) is 22.3 Å². The molecular formula is C27H28FN3O2. The van der Waals surface area contributed by atoms with Gasteiger partial charge in [0.25, 0.3) is 0 Å². The summed E-state index contributed by atoms with van der Waals surface area (Å²) in [5.74, 6) is -0.824. The van der Waals surface area contributed by atoms with Crippen LogP contribution in [0.15, 0.2) is 73.1 Å². The number of halogens is 1. The van der Waals surface area contributed by atoms with Crippen molar-refractivity contribution in [1.29, 1.82) is 0 Å². The lowest BCUT2D eigenvalue weighted by molar-refractivity contribution is -0.137. The molecule has 33 heavy (non-hydrogen) atoms. The van der Waals surface area contributed by atoms with Crippen molar-refractivity contribution in [1.82, 2.24) is 15.2 Å². The highest BCUT2D eigenvalue weighted by Gasteiger charge is 2.37. The van der Waals surface area contributed by atoms with Gasteiger partial charge in [-0.3, -0.25) is 14.6 Å². The summed E-state index contributed by atoms with van der Waals surface area (Å²) < 4.78 is 13.4. The first-order chi connectivity index (χ1) is 15.9. The summed E-state index contributed by atoms with van der Waals surface area (Å²) in [6.45, 7) is 4.87. The molecule has 1 atom stereocenters. The third-order valence-corrected chi connectivity index (χ3v) is 6.36. The van der Waals surface area contributed by atoms with E-state index in [-0.39, 0.29) is 23.5 Å². The summed E-state index contributed by atoms with van der Waals surface area (Å²) in [5, 5.41) is 2.97. The molecule has 0 saturated carbocycles. The Morgan fingerprint density at radius 2 is 1.79 bits per heavy atom. The van der Waals surface area contributed by atoms with Crippen LogP contribution in [0.5, 0.6) is 0 Å². The first-order valence-corrected chi connectivity index (χ1v) is 11.2. The summed E-state index contributed by atoms with van der Waals surface area (Å²) >= 11 is 0. The van der Waals surface area contributed by atoms with E-state index in [1.165, 1.54) is 12.1 Å². The minimum absolute atomic E-state index is 0.0468. The monoisotopic (exact) mass is 445 g/mol. The highest BCUT2D eigenvalue weighted by molar-refractivity contribution is 5.89. The number of hydrogen-bond donors (Lipinski definition) is 1. The standard InChI is InChI=1S/C27H28FN3O2/c1-27(2,22-7-9-23(28)10-8-22)26(33)31-16-15-30-25(32)21(18-31)17-20-5-3-4-6-24(20)19-11-13-29-14-12-19/h3-14,21H,15-18H2,1-2H3,(H,30,32)/t21-/m0/s1. The number of hydrogen-bond acceptors (Lipinski definition) is 3. The highest BCUT2D eigenvalue weighted by atomic mass is 19.1. The lowest BCUT2D eigenvalue weighted by Gasteiger charge is -2.32. The lowest BCUT2D eigenvalue weighted by atomic mass is 9.82. The van der Waals surface area contributed by atoms with Crippen LogP contribution in [0.25, 0.3) is 11.1 Å². The summed E-state index contributed by atoms with van der Waals surface area (Å²) in [7, 11) is 0. The van der Waals surface area contributed by atoms with Crippen molar-refractivity contribution in [2.75, 3.05) is 19.6 Å². The molecule has 2 aromatic carbocycles. The van der Waals surface area contributed by atoms with Crippen LogP contribution in [-0.2, 0) is 21.4 Å². The molecule has 1 N–H and O–H groups in total. The number of rotatable bonds is 5. The van der Waals surface area contributed by atoms with Gasteiger partial charge in [0.2, 0.25) is 11.8 Å². The number of carbonyl (C=O) groups is 2. The van der Waals surface area contributed by atoms with E-state index in [2.05, 4.69) is 10.3 Å². The zero-order valence-corrected chi connectivity index (χ0v) is 18.9. The SMILES string of the molecule is CC(C)(C(=O)N1CCNC(=O)[C@@H](Cc2ccccc2-c2ccncc2)C1)c1ccc(F)cc1. The van der Waals surface area contributed by atoms with Crippen LogP contribution in [0, 0.1) is 11.7 Å². The first kappa shape index (κ1) is 22.6. The van der Waals surface area contributed by atoms with E-state index in [0.29, 0.717) is 26.1 Å². The fourth-order valence-electron chi connectivity index (χ4n) is 4.40. The zero-order valence-electron chi connectivity index (χ0n) is 18.9. The number of aromatic nitrogens is 1. The number of amides is 2. The van der Waals surface area contributed by atoms with E-state index in [4.69, 9.17) is 0 Å². The molecule has 170 valence electrons. The Bertz CT molecular complexity index is 1130. The van der Waals surface area contributed by atoms with Crippen LogP contribution in [0.4, 0.5) is 4.39 Å². The quantitative estimate of drug-likeness (QED) is 0.646. The molecule has 0 unspecified atom stereocenters. The maximum Gasteiger partial charge on any atom is 0.232 e. The number of nitrogens with zero attached hydrogens (tertiary/aromatic N) is 2. The van der Waals surface area contributed by atoms with E-state index >= 15 is 0 Å². The van der Waals surface area contributed by atoms with Gasteiger partial charge in [-0.2, -0.15) is 0 Å². The second-order valence-corrected chi connectivity index (χ2v) is 8.97. The normalized spacial score (nSPS) is 16.8. The Kier molecular flexibility index (Phi) is 6.54. The van der Waals surface area contributed by atoms with Gasteiger partial charge in [-0.15, -0.1) is 0 Å². The van der Waals surface area contributed by atoms with Crippen LogP contribution >= 0.6 is 0 Å². The molecule has 5 nitrogen and oxygen atoms in total. The Hall–Kier alpha value is -3.54. The third-order valence-electron chi connectivity index (χ3n) is 6.36. The van der Waals surface area contributed by atoms with E-state index < -0.39 is 5.41 Å². The summed E-state index contributed by atoms with van der Waals surface area (Å²) in [5.41, 5.74) is 3.06. The van der Waals surface area contributed by atoms with Crippen molar-refractivity contribution in [3.8, 4) is 11.1 Å². The van der Waals surface area contributed by atoms with Crippen LogP contribution in [0.2, 0.25) is 0 Å². The topological polar surface area (TPSA) is 62.3 Å². The Balaban J connectivity index is 1.57. The minimum Gasteiger partial charge on any atom is -0.354 e. The van der Waals surface area contributed by atoms with Crippen LogP contribution < -0.4 is 5.32 Å². The van der Waals surface area contributed by atoms with Gasteiger partial charge in [-0.05, 0) is 66.8 Å². The fourth-order valence-corrected chi connectivity index (χ4v) is 4.40. The molecule has 2 amide bonds. The first-order valence-electron chi connectivity index (χ1n) is 11.2. The average molecular weight is 446 g/mol. The van der Waals surface area contributed by atoms with E-state index in [9.17, 15) is 14.0 Å². The van der Waals surface area contributed by atoms with Gasteiger partial charge in [0.05, 0.1) is 11.3 Å². The molecule has 1 saturated heterocycles. The largest absolute Gasteiger partial charge is 0.354 e. The molecule has 1 aliphatic heterocycles. The summed E-state index contributed by atoms with van der Waals surface area (Å²) in [6, 6.07) is 18.0. The number of nitrogens with one attached hydrogen (secondary N) is 1. The lowest BCUT2D eigenvalue weighted by Crippen LogP contribution is -2.46. The molecule has 2 heterocycles. The van der Waals surface area contributed by atoms with Crippen molar-refractivity contribution in [2.24, 2.45) is 5.92 Å². The van der Waals surface area contributed by atoms with Gasteiger partial charge < -0.3 is 10.2 Å². The fraction of sp³-hybridized carbons (Fsp3) is 0.296. The van der Waals surface area contributed by atoms with Gasteiger partial charge in [0.15, 0.2) is 0 Å². The van der Waals surface area contributed by atoms with Gasteiger partial charge in [0.1, 0.15) is 5.82 Å². The summed E-state index contributed by atoms with van der Waals surface area (Å²) in [4.78, 5) is 32.3. The van der Waals surface area contributed by atoms with Gasteiger partial charge in [0, 0.05) is 32.0 Å². The minimum atomic E-state index is -0.833. The predicted molar refractivity (Wildman–Crippen MR) is 126 cm³/mol. The molecule has 1 fully saturated rings. The molecule has 0 aliphatic carbocycles. The predicted octanol–water partition coefficient (Wildman–Crippen LogP) is 3.98. The molecule has 6 heteroatoms. The average Bonchev–Trinajstić information content (AvgIpc) is 3.01. The molecular weight excluding hydrogens is 417 g/mol. The third kappa shape index (κ3) is 4.95. The maximum absolute atomic E-state index is 13.5. The van der Waals surface area contributed by atoms with Crippen LogP contribution in [0.1, 0.15) is 25.0 Å². The number of pyridine rings is 1. The Morgan fingerprint density at radius 1 is 1.09 bits per heavy atom. The van der Waals surface area contributed by atoms with Crippen LogP contribution in [-0.4, -0.2) is 41.3 Å². The van der Waals surface area contributed by atoms with Gasteiger partial charge >= 0.3 is 0 Å². The molecule has 4 rings (SSSR count). The zero-order chi connectivity index (χ0) is 23.4. The molecule has 1 aliphatic rings. The molecule has 0 bridgehead atoms. The number of carbonyl (C=O) groups excluding carboxylic acids is 2. The maximum atomic E-state index is 13.5. The number of benzene rings is 2. The molecule has 1 aromatic heterocycles. The van der Waals surface area contributed by atoms with Crippen molar-refractivity contribution >= 4 is 11.8 Å². The van der Waals surface area contributed by atoms with Gasteiger partial charge in [-0.1, -0.05) is 36.4 Å². The molecule has 0 spiro atoms. The Morgan fingerprint density at radius 3 is 2.52 bits per heavy atom. The molecule has 0 radical (unpaired) electrons. The summed E-state index contributed by atoms with van der Waals surface area (Å²) in [6.07, 6.45) is 4.02. The molecule has 3 aromatic rings.